The van der Waals surface area contributed by atoms with Crippen LogP contribution in [-0.4, -0.2) is 31.6 Å². The van der Waals surface area contributed by atoms with Crippen LogP contribution in [0.2, 0.25) is 0 Å². The zero-order valence-corrected chi connectivity index (χ0v) is 10.3. The quantitative estimate of drug-likeness (QED) is 0.834. The fourth-order valence-electron chi connectivity index (χ4n) is 2.40. The second-order valence-electron chi connectivity index (χ2n) is 4.96. The zero-order chi connectivity index (χ0) is 11.4. The van der Waals surface area contributed by atoms with Gasteiger partial charge in [0, 0.05) is 12.6 Å². The summed E-state index contributed by atoms with van der Waals surface area (Å²) < 4.78 is 0. The summed E-state index contributed by atoms with van der Waals surface area (Å²) in [6.45, 7) is 5.88. The van der Waals surface area contributed by atoms with E-state index in [1.807, 2.05) is 0 Å². The molecule has 2 unspecified atom stereocenters. The molecule has 2 nitrogen and oxygen atoms in total. The molecule has 88 valence electrons. The SMILES string of the molecule is CC(NCC1CCN(C)C1)c1ccccc1. The molecule has 1 saturated heterocycles. The van der Waals surface area contributed by atoms with Gasteiger partial charge in [0.1, 0.15) is 0 Å². The molecule has 1 heterocycles. The van der Waals surface area contributed by atoms with Crippen molar-refractivity contribution < 1.29 is 0 Å². The lowest BCUT2D eigenvalue weighted by Crippen LogP contribution is -2.27. The van der Waals surface area contributed by atoms with Crippen molar-refractivity contribution in [3.8, 4) is 0 Å². The highest BCUT2D eigenvalue weighted by Gasteiger charge is 2.19. The van der Waals surface area contributed by atoms with Gasteiger partial charge in [-0.1, -0.05) is 30.3 Å². The van der Waals surface area contributed by atoms with Gasteiger partial charge in [-0.2, -0.15) is 0 Å². The van der Waals surface area contributed by atoms with E-state index in [1.165, 1.54) is 25.1 Å². The van der Waals surface area contributed by atoms with Crippen molar-refractivity contribution >= 4 is 0 Å². The number of hydrogen-bond acceptors (Lipinski definition) is 2. The van der Waals surface area contributed by atoms with E-state index in [1.54, 1.807) is 0 Å². The summed E-state index contributed by atoms with van der Waals surface area (Å²) in [7, 11) is 2.21. The fourth-order valence-corrected chi connectivity index (χ4v) is 2.40. The lowest BCUT2D eigenvalue weighted by molar-refractivity contribution is 0.382. The molecule has 1 aromatic rings. The molecule has 0 radical (unpaired) electrons. The van der Waals surface area contributed by atoms with Crippen LogP contribution >= 0.6 is 0 Å². The minimum absolute atomic E-state index is 0.465. The minimum atomic E-state index is 0.465. The molecule has 1 aromatic carbocycles. The standard InChI is InChI=1S/C14H22N2/c1-12(14-6-4-3-5-7-14)15-10-13-8-9-16(2)11-13/h3-7,12-13,15H,8-11H2,1-2H3. The highest BCUT2D eigenvalue weighted by molar-refractivity contribution is 5.17. The van der Waals surface area contributed by atoms with Crippen LogP contribution in [0.4, 0.5) is 0 Å². The van der Waals surface area contributed by atoms with Gasteiger partial charge in [-0.3, -0.25) is 0 Å². The molecule has 0 saturated carbocycles. The predicted octanol–water partition coefficient (Wildman–Crippen LogP) is 2.29. The molecule has 1 aliphatic heterocycles. The third kappa shape index (κ3) is 3.06. The Morgan fingerprint density at radius 3 is 2.75 bits per heavy atom. The Hall–Kier alpha value is -0.860. The minimum Gasteiger partial charge on any atom is -0.310 e. The topological polar surface area (TPSA) is 15.3 Å². The van der Waals surface area contributed by atoms with Gasteiger partial charge in [0.15, 0.2) is 0 Å². The summed E-state index contributed by atoms with van der Waals surface area (Å²) in [6, 6.07) is 11.1. The molecule has 2 heteroatoms. The first-order chi connectivity index (χ1) is 7.75. The van der Waals surface area contributed by atoms with E-state index in [0.717, 1.165) is 12.5 Å². The molecule has 1 aliphatic rings. The van der Waals surface area contributed by atoms with Crippen LogP contribution in [0, 0.1) is 5.92 Å². The number of rotatable bonds is 4. The van der Waals surface area contributed by atoms with E-state index >= 15 is 0 Å². The molecular weight excluding hydrogens is 196 g/mol. The number of nitrogens with zero attached hydrogens (tertiary/aromatic N) is 1. The van der Waals surface area contributed by atoms with Crippen LogP contribution in [0.25, 0.3) is 0 Å². The van der Waals surface area contributed by atoms with Crippen molar-refractivity contribution in [1.29, 1.82) is 0 Å². The van der Waals surface area contributed by atoms with Crippen LogP contribution in [0.15, 0.2) is 30.3 Å². The average molecular weight is 218 g/mol. The lowest BCUT2D eigenvalue weighted by atomic mass is 10.1. The van der Waals surface area contributed by atoms with Crippen molar-refractivity contribution in [2.45, 2.75) is 19.4 Å². The molecule has 1 N–H and O–H groups in total. The Balaban J connectivity index is 1.78. The summed E-state index contributed by atoms with van der Waals surface area (Å²) in [5.41, 5.74) is 1.38. The maximum absolute atomic E-state index is 3.63. The van der Waals surface area contributed by atoms with E-state index in [4.69, 9.17) is 0 Å². The summed E-state index contributed by atoms with van der Waals surface area (Å²) in [4.78, 5) is 2.42. The number of likely N-dealkylation sites (tertiary alicyclic amines) is 1. The molecule has 0 aromatic heterocycles. The Morgan fingerprint density at radius 2 is 2.12 bits per heavy atom. The van der Waals surface area contributed by atoms with E-state index in [9.17, 15) is 0 Å². The van der Waals surface area contributed by atoms with Gasteiger partial charge in [0.25, 0.3) is 0 Å². The second kappa shape index (κ2) is 5.46. The number of nitrogens with one attached hydrogen (secondary N) is 1. The molecule has 1 fully saturated rings. The Bertz CT molecular complexity index is 310. The first-order valence-corrected chi connectivity index (χ1v) is 6.22. The largest absolute Gasteiger partial charge is 0.310 e. The molecule has 0 aliphatic carbocycles. The van der Waals surface area contributed by atoms with E-state index in [0.29, 0.717) is 6.04 Å². The van der Waals surface area contributed by atoms with Gasteiger partial charge in [-0.05, 0) is 45.0 Å². The first kappa shape index (κ1) is 11.6. The van der Waals surface area contributed by atoms with Gasteiger partial charge < -0.3 is 10.2 Å². The Kier molecular flexibility index (Phi) is 3.97. The summed E-state index contributed by atoms with van der Waals surface area (Å²) in [6.07, 6.45) is 1.34. The zero-order valence-electron chi connectivity index (χ0n) is 10.3. The lowest BCUT2D eigenvalue weighted by Gasteiger charge is -2.17. The van der Waals surface area contributed by atoms with Crippen LogP contribution < -0.4 is 5.32 Å². The van der Waals surface area contributed by atoms with Crippen LogP contribution in [0.5, 0.6) is 0 Å². The van der Waals surface area contributed by atoms with Crippen molar-refractivity contribution in [2.75, 3.05) is 26.7 Å². The molecule has 0 spiro atoms. The van der Waals surface area contributed by atoms with E-state index < -0.39 is 0 Å². The van der Waals surface area contributed by atoms with Crippen molar-refractivity contribution in [3.05, 3.63) is 35.9 Å². The van der Waals surface area contributed by atoms with Crippen LogP contribution in [0.3, 0.4) is 0 Å². The third-order valence-electron chi connectivity index (χ3n) is 3.50. The van der Waals surface area contributed by atoms with Crippen LogP contribution in [-0.2, 0) is 0 Å². The molecule has 2 atom stereocenters. The van der Waals surface area contributed by atoms with Crippen molar-refractivity contribution in [3.63, 3.8) is 0 Å². The van der Waals surface area contributed by atoms with Gasteiger partial charge in [0.05, 0.1) is 0 Å². The monoisotopic (exact) mass is 218 g/mol. The van der Waals surface area contributed by atoms with E-state index in [-0.39, 0.29) is 0 Å². The van der Waals surface area contributed by atoms with E-state index in [2.05, 4.69) is 54.5 Å². The van der Waals surface area contributed by atoms with Gasteiger partial charge in [-0.25, -0.2) is 0 Å². The second-order valence-corrected chi connectivity index (χ2v) is 4.96. The maximum atomic E-state index is 3.63. The molecule has 16 heavy (non-hydrogen) atoms. The summed E-state index contributed by atoms with van der Waals surface area (Å²) in [5, 5.41) is 3.63. The summed E-state index contributed by atoms with van der Waals surface area (Å²) >= 11 is 0. The molecule has 0 amide bonds. The average Bonchev–Trinajstić information content (AvgIpc) is 2.73. The maximum Gasteiger partial charge on any atom is 0.0291 e. The normalized spacial score (nSPS) is 23.5. The number of hydrogen-bond donors (Lipinski definition) is 1. The molecule has 2 rings (SSSR count). The third-order valence-corrected chi connectivity index (χ3v) is 3.50. The highest BCUT2D eigenvalue weighted by Crippen LogP contribution is 2.16. The van der Waals surface area contributed by atoms with Crippen LogP contribution in [0.1, 0.15) is 24.9 Å². The number of benzene rings is 1. The predicted molar refractivity (Wildman–Crippen MR) is 68.5 cm³/mol. The highest BCUT2D eigenvalue weighted by atomic mass is 15.1. The molecule has 0 bridgehead atoms. The Morgan fingerprint density at radius 1 is 1.38 bits per heavy atom. The fraction of sp³-hybridized carbons (Fsp3) is 0.571. The molecular formula is C14H22N2. The first-order valence-electron chi connectivity index (χ1n) is 6.22. The summed E-state index contributed by atoms with van der Waals surface area (Å²) in [5.74, 6) is 0.830. The Labute approximate surface area is 98.7 Å². The van der Waals surface area contributed by atoms with Gasteiger partial charge in [0.2, 0.25) is 0 Å². The smallest absolute Gasteiger partial charge is 0.0291 e. The van der Waals surface area contributed by atoms with Crippen molar-refractivity contribution in [1.82, 2.24) is 10.2 Å². The van der Waals surface area contributed by atoms with Crippen molar-refractivity contribution in [2.24, 2.45) is 5.92 Å². The van der Waals surface area contributed by atoms with Gasteiger partial charge in [-0.15, -0.1) is 0 Å². The van der Waals surface area contributed by atoms with Gasteiger partial charge >= 0.3 is 0 Å².